The van der Waals surface area contributed by atoms with Crippen molar-refractivity contribution >= 4 is 90.9 Å². The third kappa shape index (κ3) is 4.74. The maximum absolute atomic E-state index is 2.46. The normalized spacial score (nSPS) is 11.7. The van der Waals surface area contributed by atoms with Crippen LogP contribution in [0.25, 0.3) is 73.4 Å². The van der Waals surface area contributed by atoms with Crippen LogP contribution in [0.1, 0.15) is 0 Å². The van der Waals surface area contributed by atoms with E-state index in [9.17, 15) is 0 Å². The molecule has 0 fully saturated rings. The fourth-order valence-corrected chi connectivity index (χ4v) is 9.67. The Bertz CT molecular complexity index is 2830. The molecular formula is C46H29NS2. The zero-order valence-corrected chi connectivity index (χ0v) is 28.1. The van der Waals surface area contributed by atoms with Gasteiger partial charge in [-0.15, -0.1) is 22.7 Å². The molecule has 8 aromatic carbocycles. The van der Waals surface area contributed by atoms with Crippen molar-refractivity contribution in [3.63, 3.8) is 0 Å². The van der Waals surface area contributed by atoms with Gasteiger partial charge in [0.15, 0.2) is 0 Å². The highest BCUT2D eigenvalue weighted by Crippen LogP contribution is 2.49. The molecule has 0 unspecified atom stereocenters. The molecule has 10 aromatic rings. The zero-order valence-electron chi connectivity index (χ0n) is 26.5. The summed E-state index contributed by atoms with van der Waals surface area (Å²) in [4.78, 5) is 2.46. The fourth-order valence-electron chi connectivity index (χ4n) is 7.30. The van der Waals surface area contributed by atoms with Crippen molar-refractivity contribution in [3.05, 3.63) is 176 Å². The highest BCUT2D eigenvalue weighted by Gasteiger charge is 2.21. The van der Waals surface area contributed by atoms with E-state index in [4.69, 9.17) is 0 Å². The van der Waals surface area contributed by atoms with Crippen LogP contribution in [-0.2, 0) is 0 Å². The molecule has 0 amide bonds. The maximum atomic E-state index is 2.46. The summed E-state index contributed by atoms with van der Waals surface area (Å²) in [5.41, 5.74) is 8.42. The molecule has 230 valence electrons. The van der Waals surface area contributed by atoms with Crippen LogP contribution in [0.5, 0.6) is 0 Å². The molecule has 0 bridgehead atoms. The van der Waals surface area contributed by atoms with Gasteiger partial charge < -0.3 is 4.90 Å². The van der Waals surface area contributed by atoms with Crippen LogP contribution in [0.4, 0.5) is 17.1 Å². The molecule has 2 aromatic heterocycles. The van der Waals surface area contributed by atoms with Crippen molar-refractivity contribution in [2.24, 2.45) is 0 Å². The maximum Gasteiger partial charge on any atom is 0.0640 e. The largest absolute Gasteiger partial charge is 0.309 e. The highest BCUT2D eigenvalue weighted by atomic mass is 32.1. The lowest BCUT2D eigenvalue weighted by atomic mass is 9.98. The summed E-state index contributed by atoms with van der Waals surface area (Å²) in [6, 6.07) is 64.4. The topological polar surface area (TPSA) is 3.24 Å². The second-order valence-electron chi connectivity index (χ2n) is 12.5. The van der Waals surface area contributed by atoms with Crippen LogP contribution in [-0.4, -0.2) is 0 Å². The summed E-state index contributed by atoms with van der Waals surface area (Å²) in [5.74, 6) is 0. The van der Waals surface area contributed by atoms with Crippen LogP contribution < -0.4 is 4.90 Å². The molecular weight excluding hydrogens is 631 g/mol. The third-order valence-corrected chi connectivity index (χ3v) is 12.0. The summed E-state index contributed by atoms with van der Waals surface area (Å²) in [5, 5.41) is 7.76. The number of rotatable bonds is 5. The van der Waals surface area contributed by atoms with E-state index in [1.807, 2.05) is 22.7 Å². The summed E-state index contributed by atoms with van der Waals surface area (Å²) in [6.07, 6.45) is 0. The minimum absolute atomic E-state index is 1.14. The molecule has 0 aliphatic carbocycles. The van der Waals surface area contributed by atoms with Crippen molar-refractivity contribution in [2.75, 3.05) is 4.90 Å². The number of anilines is 3. The van der Waals surface area contributed by atoms with Gasteiger partial charge in [0.2, 0.25) is 0 Å². The first kappa shape index (κ1) is 28.3. The predicted molar refractivity (Wildman–Crippen MR) is 215 cm³/mol. The van der Waals surface area contributed by atoms with Crippen molar-refractivity contribution in [1.82, 2.24) is 0 Å². The fraction of sp³-hybridized carbons (Fsp3) is 0. The molecule has 3 heteroatoms. The van der Waals surface area contributed by atoms with Crippen molar-refractivity contribution < 1.29 is 0 Å². The summed E-state index contributed by atoms with van der Waals surface area (Å²) < 4.78 is 5.20. The first-order valence-corrected chi connectivity index (χ1v) is 18.2. The average Bonchev–Trinajstić information content (AvgIpc) is 3.74. The van der Waals surface area contributed by atoms with Crippen LogP contribution in [0.15, 0.2) is 176 Å². The number of benzene rings is 8. The lowest BCUT2D eigenvalue weighted by molar-refractivity contribution is 1.31. The Hall–Kier alpha value is -5.74. The molecule has 0 saturated heterocycles. The molecule has 0 saturated carbocycles. The lowest BCUT2D eigenvalue weighted by Gasteiger charge is -2.27. The van der Waals surface area contributed by atoms with E-state index >= 15 is 0 Å². The van der Waals surface area contributed by atoms with E-state index < -0.39 is 0 Å². The molecule has 10 rings (SSSR count). The Balaban J connectivity index is 1.19. The summed E-state index contributed by atoms with van der Waals surface area (Å²) >= 11 is 3.75. The molecule has 0 aliphatic heterocycles. The van der Waals surface area contributed by atoms with E-state index in [1.165, 1.54) is 79.1 Å². The van der Waals surface area contributed by atoms with Gasteiger partial charge in [0.05, 0.1) is 10.4 Å². The van der Waals surface area contributed by atoms with Gasteiger partial charge >= 0.3 is 0 Å². The predicted octanol–water partition coefficient (Wildman–Crippen LogP) is 14.4. The Kier molecular flexibility index (Phi) is 6.61. The monoisotopic (exact) mass is 659 g/mol. The summed E-state index contributed by atoms with van der Waals surface area (Å²) in [6.45, 7) is 0. The van der Waals surface area contributed by atoms with Crippen LogP contribution in [0.3, 0.4) is 0 Å². The quantitative estimate of drug-likeness (QED) is 0.178. The molecule has 0 radical (unpaired) electrons. The molecule has 49 heavy (non-hydrogen) atoms. The van der Waals surface area contributed by atoms with E-state index in [1.54, 1.807) is 0 Å². The Morgan fingerprint density at radius 1 is 0.367 bits per heavy atom. The van der Waals surface area contributed by atoms with E-state index in [-0.39, 0.29) is 0 Å². The van der Waals surface area contributed by atoms with Gasteiger partial charge in [0.1, 0.15) is 0 Å². The number of thiophene rings is 2. The van der Waals surface area contributed by atoms with E-state index in [0.717, 1.165) is 11.4 Å². The Labute approximate surface area is 292 Å². The van der Waals surface area contributed by atoms with Gasteiger partial charge in [0.25, 0.3) is 0 Å². The Morgan fingerprint density at radius 3 is 1.86 bits per heavy atom. The van der Waals surface area contributed by atoms with Crippen molar-refractivity contribution in [3.8, 4) is 22.3 Å². The van der Waals surface area contributed by atoms with Crippen molar-refractivity contribution in [2.45, 2.75) is 0 Å². The molecule has 0 aliphatic rings. The number of nitrogens with zero attached hydrogens (tertiary/aromatic N) is 1. The van der Waals surface area contributed by atoms with E-state index in [0.29, 0.717) is 0 Å². The molecule has 1 nitrogen and oxygen atoms in total. The zero-order chi connectivity index (χ0) is 32.3. The summed E-state index contributed by atoms with van der Waals surface area (Å²) in [7, 11) is 0. The molecule has 2 heterocycles. The van der Waals surface area contributed by atoms with Gasteiger partial charge in [0, 0.05) is 47.0 Å². The average molecular weight is 660 g/mol. The number of fused-ring (bicyclic) bond motifs is 7. The molecule has 0 N–H and O–H groups in total. The first-order chi connectivity index (χ1) is 24.3. The number of hydrogen-bond donors (Lipinski definition) is 0. The SMILES string of the molecule is c1ccc(-c2ccc(N(c3ccc(-c4ccc5ccccc5c4)cc3)c3ccc4c(c3)sc3ccccc34)c3sc4ccccc4c23)cc1. The van der Waals surface area contributed by atoms with Gasteiger partial charge in [-0.25, -0.2) is 0 Å². The molecule has 0 atom stereocenters. The van der Waals surface area contributed by atoms with Gasteiger partial charge in [-0.2, -0.15) is 0 Å². The van der Waals surface area contributed by atoms with Crippen LogP contribution in [0.2, 0.25) is 0 Å². The third-order valence-electron chi connectivity index (χ3n) is 9.66. The lowest BCUT2D eigenvalue weighted by Crippen LogP contribution is -2.10. The van der Waals surface area contributed by atoms with Gasteiger partial charge in [-0.3, -0.25) is 0 Å². The minimum Gasteiger partial charge on any atom is -0.309 e. The number of hydrogen-bond acceptors (Lipinski definition) is 3. The second-order valence-corrected chi connectivity index (χ2v) is 14.7. The minimum atomic E-state index is 1.14. The standard InChI is InChI=1S/C46H29NS2/c1-2-11-32(12-3-1)37-26-27-41(46-45(37)40-15-7-9-17-43(40)49-46)47(36-24-25-39-38-14-6-8-16-42(38)48-44(39)29-36)35-22-20-31(21-23-35)34-19-18-30-10-4-5-13-33(30)28-34/h1-29H. The van der Waals surface area contributed by atoms with Crippen LogP contribution in [0, 0.1) is 0 Å². The smallest absolute Gasteiger partial charge is 0.0640 e. The molecule has 0 spiro atoms. The van der Waals surface area contributed by atoms with Gasteiger partial charge in [-0.1, -0.05) is 127 Å². The van der Waals surface area contributed by atoms with E-state index in [2.05, 4.69) is 181 Å². The van der Waals surface area contributed by atoms with Crippen LogP contribution >= 0.6 is 22.7 Å². The van der Waals surface area contributed by atoms with Crippen molar-refractivity contribution in [1.29, 1.82) is 0 Å². The highest BCUT2D eigenvalue weighted by molar-refractivity contribution is 7.26. The first-order valence-electron chi connectivity index (χ1n) is 16.6. The van der Waals surface area contributed by atoms with Gasteiger partial charge in [-0.05, 0) is 81.6 Å². The second kappa shape index (κ2) is 11.5. The Morgan fingerprint density at radius 2 is 1.02 bits per heavy atom.